The van der Waals surface area contributed by atoms with Crippen molar-refractivity contribution in [3.05, 3.63) is 68.0 Å². The summed E-state index contributed by atoms with van der Waals surface area (Å²) in [5, 5.41) is 1.63. The van der Waals surface area contributed by atoms with Crippen molar-refractivity contribution in [2.45, 2.75) is 45.2 Å². The Morgan fingerprint density at radius 1 is 1.26 bits per heavy atom. The first-order valence-electron chi connectivity index (χ1n) is 9.47. The van der Waals surface area contributed by atoms with Crippen LogP contribution in [0.5, 0.6) is 0 Å². The smallest absolute Gasteiger partial charge is 0.255 e. The Morgan fingerprint density at radius 3 is 2.93 bits per heavy atom. The van der Waals surface area contributed by atoms with Crippen molar-refractivity contribution in [1.29, 1.82) is 0 Å². The third kappa shape index (κ3) is 3.26. The van der Waals surface area contributed by atoms with Crippen LogP contribution in [0.4, 0.5) is 0 Å². The quantitative estimate of drug-likeness (QED) is 0.703. The van der Waals surface area contributed by atoms with Gasteiger partial charge in [0.2, 0.25) is 0 Å². The van der Waals surface area contributed by atoms with Crippen LogP contribution in [0.1, 0.15) is 47.0 Å². The molecule has 3 aromatic rings. The standard InChI is InChI=1S/C21H21ClN4O/c1-12-2-5-17-14(8-12)9-15(19(22)23-17)10-26-7-6-18-16(11-26)21(27)25-20(24-18)13-3-4-13/h2,5,8-9,13H,3-4,6-7,10-11H2,1H3,(H,24,25,27). The van der Waals surface area contributed by atoms with Crippen molar-refractivity contribution >= 4 is 22.5 Å². The summed E-state index contributed by atoms with van der Waals surface area (Å²) in [5.74, 6) is 1.34. The lowest BCUT2D eigenvalue weighted by atomic mass is 10.1. The molecule has 0 spiro atoms. The molecule has 5 nitrogen and oxygen atoms in total. The van der Waals surface area contributed by atoms with Crippen molar-refractivity contribution in [2.75, 3.05) is 6.54 Å². The number of pyridine rings is 1. The van der Waals surface area contributed by atoms with Gasteiger partial charge in [-0.2, -0.15) is 0 Å². The number of aryl methyl sites for hydroxylation is 1. The third-order valence-electron chi connectivity index (χ3n) is 5.52. The minimum atomic E-state index is 0.0185. The number of aromatic amines is 1. The van der Waals surface area contributed by atoms with E-state index >= 15 is 0 Å². The van der Waals surface area contributed by atoms with Crippen molar-refractivity contribution in [3.8, 4) is 0 Å². The molecule has 2 aliphatic rings. The van der Waals surface area contributed by atoms with Crippen molar-refractivity contribution in [3.63, 3.8) is 0 Å². The van der Waals surface area contributed by atoms with Crippen LogP contribution < -0.4 is 5.56 Å². The van der Waals surface area contributed by atoms with Crippen LogP contribution in [0.2, 0.25) is 5.15 Å². The van der Waals surface area contributed by atoms with Crippen molar-refractivity contribution in [2.24, 2.45) is 0 Å². The molecule has 0 saturated heterocycles. The molecule has 1 saturated carbocycles. The zero-order valence-electron chi connectivity index (χ0n) is 15.3. The van der Waals surface area contributed by atoms with Gasteiger partial charge in [-0.05, 0) is 38.0 Å². The number of aromatic nitrogens is 3. The van der Waals surface area contributed by atoms with Gasteiger partial charge in [-0.1, -0.05) is 23.2 Å². The monoisotopic (exact) mass is 380 g/mol. The highest BCUT2D eigenvalue weighted by molar-refractivity contribution is 6.30. The molecule has 1 aliphatic carbocycles. The highest BCUT2D eigenvalue weighted by Gasteiger charge is 2.29. The number of halogens is 1. The first-order chi connectivity index (χ1) is 13.1. The highest BCUT2D eigenvalue weighted by atomic mass is 35.5. The summed E-state index contributed by atoms with van der Waals surface area (Å²) in [6.45, 7) is 4.23. The Labute approximate surface area is 162 Å². The normalized spacial score (nSPS) is 17.3. The molecule has 0 radical (unpaired) electrons. The van der Waals surface area contributed by atoms with E-state index < -0.39 is 0 Å². The van der Waals surface area contributed by atoms with E-state index in [0.29, 0.717) is 24.2 Å². The molecule has 1 aromatic carbocycles. The summed E-state index contributed by atoms with van der Waals surface area (Å²) in [6, 6.07) is 8.29. The average molecular weight is 381 g/mol. The predicted molar refractivity (Wildman–Crippen MR) is 106 cm³/mol. The number of hydrogen-bond acceptors (Lipinski definition) is 4. The second-order valence-electron chi connectivity index (χ2n) is 7.75. The van der Waals surface area contributed by atoms with E-state index in [-0.39, 0.29) is 5.56 Å². The number of benzene rings is 1. The predicted octanol–water partition coefficient (Wildman–Crippen LogP) is 3.72. The minimum Gasteiger partial charge on any atom is -0.310 e. The molecule has 1 fully saturated rings. The second-order valence-corrected chi connectivity index (χ2v) is 8.10. The van der Waals surface area contributed by atoms with Gasteiger partial charge in [0.05, 0.1) is 16.8 Å². The molecule has 0 unspecified atom stereocenters. The van der Waals surface area contributed by atoms with E-state index in [9.17, 15) is 4.79 Å². The lowest BCUT2D eigenvalue weighted by Crippen LogP contribution is -2.35. The van der Waals surface area contributed by atoms with Gasteiger partial charge in [0.15, 0.2) is 0 Å². The van der Waals surface area contributed by atoms with Crippen LogP contribution in [0.3, 0.4) is 0 Å². The zero-order valence-corrected chi connectivity index (χ0v) is 16.0. The SMILES string of the molecule is Cc1ccc2nc(Cl)c(CN3CCc4nc(C5CC5)[nH]c(=O)c4C3)cc2c1. The topological polar surface area (TPSA) is 61.9 Å². The molecule has 1 N–H and O–H groups in total. The maximum atomic E-state index is 12.5. The first kappa shape index (κ1) is 16.9. The molecule has 2 aromatic heterocycles. The van der Waals surface area contributed by atoms with Crippen LogP contribution >= 0.6 is 11.6 Å². The van der Waals surface area contributed by atoms with Crippen LogP contribution in [0.25, 0.3) is 10.9 Å². The molecule has 1 aliphatic heterocycles. The summed E-state index contributed by atoms with van der Waals surface area (Å²) in [7, 11) is 0. The van der Waals surface area contributed by atoms with Gasteiger partial charge >= 0.3 is 0 Å². The van der Waals surface area contributed by atoms with Crippen molar-refractivity contribution in [1.82, 2.24) is 19.9 Å². The van der Waals surface area contributed by atoms with E-state index in [1.54, 1.807) is 0 Å². The molecule has 138 valence electrons. The van der Waals surface area contributed by atoms with E-state index in [1.807, 2.05) is 12.1 Å². The largest absolute Gasteiger partial charge is 0.310 e. The number of fused-ring (bicyclic) bond motifs is 2. The number of hydrogen-bond donors (Lipinski definition) is 1. The van der Waals surface area contributed by atoms with Crippen molar-refractivity contribution < 1.29 is 0 Å². The lowest BCUT2D eigenvalue weighted by molar-refractivity contribution is 0.241. The molecule has 6 heteroatoms. The molecular weight excluding hydrogens is 360 g/mol. The molecule has 3 heterocycles. The van der Waals surface area contributed by atoms with Gasteiger partial charge in [0.1, 0.15) is 11.0 Å². The van der Waals surface area contributed by atoms with Crippen LogP contribution in [-0.4, -0.2) is 26.4 Å². The number of rotatable bonds is 3. The third-order valence-corrected chi connectivity index (χ3v) is 5.85. The molecule has 0 bridgehead atoms. The summed E-state index contributed by atoms with van der Waals surface area (Å²) in [6.07, 6.45) is 3.08. The van der Waals surface area contributed by atoms with E-state index in [4.69, 9.17) is 16.6 Å². The van der Waals surface area contributed by atoms with Crippen LogP contribution in [0.15, 0.2) is 29.1 Å². The Morgan fingerprint density at radius 2 is 2.11 bits per heavy atom. The molecular formula is C21H21ClN4O. The van der Waals surface area contributed by atoms with E-state index in [1.165, 1.54) is 5.56 Å². The highest BCUT2D eigenvalue weighted by Crippen LogP contribution is 2.38. The summed E-state index contributed by atoms with van der Waals surface area (Å²) >= 11 is 6.44. The molecule has 5 rings (SSSR count). The Kier molecular flexibility index (Phi) is 4.02. The second kappa shape index (κ2) is 6.43. The van der Waals surface area contributed by atoms with Gasteiger partial charge in [-0.25, -0.2) is 9.97 Å². The molecule has 0 atom stereocenters. The summed E-state index contributed by atoms with van der Waals surface area (Å²) < 4.78 is 0. The van der Waals surface area contributed by atoms with Gasteiger partial charge in [-0.15, -0.1) is 0 Å². The number of H-pyrrole nitrogens is 1. The fourth-order valence-electron chi connectivity index (χ4n) is 3.85. The average Bonchev–Trinajstić information content (AvgIpc) is 3.48. The Bertz CT molecular complexity index is 1100. The minimum absolute atomic E-state index is 0.0185. The summed E-state index contributed by atoms with van der Waals surface area (Å²) in [4.78, 5) is 27.0. The lowest BCUT2D eigenvalue weighted by Gasteiger charge is -2.28. The summed E-state index contributed by atoms with van der Waals surface area (Å²) in [5.41, 5.74) is 4.89. The van der Waals surface area contributed by atoms with Gasteiger partial charge in [-0.3, -0.25) is 9.69 Å². The fourth-order valence-corrected chi connectivity index (χ4v) is 4.06. The van der Waals surface area contributed by atoms with Gasteiger partial charge in [0.25, 0.3) is 5.56 Å². The van der Waals surface area contributed by atoms with Crippen LogP contribution in [0, 0.1) is 6.92 Å². The number of nitrogens with zero attached hydrogens (tertiary/aromatic N) is 3. The van der Waals surface area contributed by atoms with Gasteiger partial charge < -0.3 is 4.98 Å². The van der Waals surface area contributed by atoms with Crippen LogP contribution in [-0.2, 0) is 19.5 Å². The first-order valence-corrected chi connectivity index (χ1v) is 9.85. The fraction of sp³-hybridized carbons (Fsp3) is 0.381. The molecule has 0 amide bonds. The number of nitrogens with one attached hydrogen (secondary N) is 1. The van der Waals surface area contributed by atoms with Gasteiger partial charge in [0, 0.05) is 42.9 Å². The van der Waals surface area contributed by atoms with E-state index in [2.05, 4.69) is 33.9 Å². The Hall–Kier alpha value is -2.24. The maximum absolute atomic E-state index is 12.5. The zero-order chi connectivity index (χ0) is 18.5. The maximum Gasteiger partial charge on any atom is 0.255 e. The molecule has 27 heavy (non-hydrogen) atoms. The Balaban J connectivity index is 1.42. The van der Waals surface area contributed by atoms with E-state index in [0.717, 1.165) is 59.4 Å².